The van der Waals surface area contributed by atoms with E-state index in [0.717, 1.165) is 31.2 Å². The van der Waals surface area contributed by atoms with E-state index >= 15 is 0 Å². The van der Waals surface area contributed by atoms with Gasteiger partial charge in [-0.3, -0.25) is 14.4 Å². The van der Waals surface area contributed by atoms with Crippen LogP contribution in [0.5, 0.6) is 0 Å². The van der Waals surface area contributed by atoms with Crippen LogP contribution in [-0.4, -0.2) is 71.6 Å². The molecule has 3 amide bonds. The Balaban J connectivity index is 2.41. The summed E-state index contributed by atoms with van der Waals surface area (Å²) in [7, 11) is 0. The molecule has 2 N–H and O–H groups in total. The number of aryl methyl sites for hydroxylation is 1. The first-order chi connectivity index (χ1) is 18.5. The van der Waals surface area contributed by atoms with Crippen molar-refractivity contribution >= 4 is 35.6 Å². The fourth-order valence-electron chi connectivity index (χ4n) is 4.30. The third-order valence-corrected chi connectivity index (χ3v) is 7.13. The van der Waals surface area contributed by atoms with Crippen molar-refractivity contribution in [2.24, 2.45) is 0 Å². The molecule has 0 saturated heterocycles. The molecule has 1 aromatic carbocycles. The number of nitrogens with zero attached hydrogens (tertiary/aromatic N) is 1. The van der Waals surface area contributed by atoms with Crippen LogP contribution in [0.15, 0.2) is 24.3 Å². The number of amides is 3. The molecule has 0 spiro atoms. The lowest BCUT2D eigenvalue weighted by atomic mass is 9.87. The normalized spacial score (nSPS) is 14.9. The Morgan fingerprint density at radius 1 is 1.10 bits per heavy atom. The molecule has 39 heavy (non-hydrogen) atoms. The second-order valence-electron chi connectivity index (χ2n) is 10.7. The number of esters is 1. The maximum atomic E-state index is 14.2. The average molecular weight is 564 g/mol. The maximum Gasteiger partial charge on any atom is 0.408 e. The van der Waals surface area contributed by atoms with Crippen molar-refractivity contribution in [1.82, 2.24) is 15.5 Å². The van der Waals surface area contributed by atoms with Crippen molar-refractivity contribution in [2.45, 2.75) is 96.9 Å². The van der Waals surface area contributed by atoms with Crippen molar-refractivity contribution in [2.75, 3.05) is 25.2 Å². The fraction of sp³-hybridized carbons (Fsp3) is 0.655. The summed E-state index contributed by atoms with van der Waals surface area (Å²) in [6.45, 7) is 9.45. The summed E-state index contributed by atoms with van der Waals surface area (Å²) < 4.78 is 10.4. The van der Waals surface area contributed by atoms with Gasteiger partial charge in [0.05, 0.1) is 13.0 Å². The molecule has 0 heterocycles. The van der Waals surface area contributed by atoms with E-state index in [2.05, 4.69) is 17.6 Å². The average Bonchev–Trinajstić information content (AvgIpc) is 2.84. The molecule has 1 saturated carbocycles. The van der Waals surface area contributed by atoms with Crippen LogP contribution in [0.1, 0.15) is 83.9 Å². The van der Waals surface area contributed by atoms with Crippen LogP contribution in [0.25, 0.3) is 0 Å². The van der Waals surface area contributed by atoms with Crippen molar-refractivity contribution in [1.29, 1.82) is 0 Å². The molecule has 9 nitrogen and oxygen atoms in total. The minimum Gasteiger partial charge on any atom is -0.466 e. The van der Waals surface area contributed by atoms with E-state index in [0.29, 0.717) is 17.7 Å². The Morgan fingerprint density at radius 3 is 2.28 bits per heavy atom. The van der Waals surface area contributed by atoms with Gasteiger partial charge in [-0.05, 0) is 82.9 Å². The van der Waals surface area contributed by atoms with E-state index in [1.165, 1.54) is 0 Å². The van der Waals surface area contributed by atoms with Gasteiger partial charge in [0, 0.05) is 12.6 Å². The Bertz CT molecular complexity index is 959. The lowest BCUT2D eigenvalue weighted by Gasteiger charge is -2.43. The summed E-state index contributed by atoms with van der Waals surface area (Å²) in [4.78, 5) is 54.1. The number of carbonyl (C=O) groups excluding carboxylic acids is 4. The summed E-state index contributed by atoms with van der Waals surface area (Å²) in [6.07, 6.45) is 5.05. The Morgan fingerprint density at radius 2 is 1.77 bits per heavy atom. The zero-order chi connectivity index (χ0) is 29.0. The smallest absolute Gasteiger partial charge is 0.408 e. The molecule has 10 heteroatoms. The molecule has 1 aliphatic rings. The first-order valence-electron chi connectivity index (χ1n) is 13.8. The molecule has 1 aromatic rings. The van der Waals surface area contributed by atoms with Crippen LogP contribution in [0, 0.1) is 0 Å². The molecular formula is C29H45N3O6S. The molecule has 0 aromatic heterocycles. The zero-order valence-corrected chi connectivity index (χ0v) is 25.0. The van der Waals surface area contributed by atoms with Gasteiger partial charge in [-0.1, -0.05) is 31.2 Å². The van der Waals surface area contributed by atoms with E-state index in [1.54, 1.807) is 44.4 Å². The lowest BCUT2D eigenvalue weighted by molar-refractivity contribution is -0.148. The standard InChI is InChI=1S/C29H45N3O6S/c1-7-20-12-14-21(15-13-20)25(26(34)30-18-16-24(33)37-8-2)32(22-10-9-11-22)27(35)23(17-19-39-6)31-28(36)38-29(3,4)5/h12-15,22-23,25H,7-11,16-19H2,1-6H3,(H,30,34)(H,31,36). The second-order valence-corrected chi connectivity index (χ2v) is 11.6. The number of thioether (sulfide) groups is 1. The van der Waals surface area contributed by atoms with Gasteiger partial charge >= 0.3 is 12.1 Å². The van der Waals surface area contributed by atoms with E-state index in [-0.39, 0.29) is 37.4 Å². The first-order valence-corrected chi connectivity index (χ1v) is 15.2. The van der Waals surface area contributed by atoms with Crippen molar-refractivity contribution in [3.63, 3.8) is 0 Å². The van der Waals surface area contributed by atoms with Crippen LogP contribution in [-0.2, 0) is 30.3 Å². The molecule has 218 valence electrons. The highest BCUT2D eigenvalue weighted by Gasteiger charge is 2.41. The van der Waals surface area contributed by atoms with Crippen LogP contribution in [0.2, 0.25) is 0 Å². The highest BCUT2D eigenvalue weighted by atomic mass is 32.2. The largest absolute Gasteiger partial charge is 0.466 e. The number of carbonyl (C=O) groups is 4. The monoisotopic (exact) mass is 563 g/mol. The molecule has 2 rings (SSSR count). The van der Waals surface area contributed by atoms with Gasteiger partial charge < -0.3 is 25.0 Å². The number of rotatable bonds is 14. The third kappa shape index (κ3) is 10.4. The molecule has 0 aliphatic heterocycles. The Hall–Kier alpha value is -2.75. The van der Waals surface area contributed by atoms with Crippen LogP contribution >= 0.6 is 11.8 Å². The van der Waals surface area contributed by atoms with Crippen LogP contribution < -0.4 is 10.6 Å². The highest BCUT2D eigenvalue weighted by Crippen LogP contribution is 2.34. The third-order valence-electron chi connectivity index (χ3n) is 6.49. The van der Waals surface area contributed by atoms with Gasteiger partial charge in [-0.2, -0.15) is 11.8 Å². The number of hydrogen-bond acceptors (Lipinski definition) is 7. The van der Waals surface area contributed by atoms with Gasteiger partial charge in [0.2, 0.25) is 11.8 Å². The van der Waals surface area contributed by atoms with Crippen molar-refractivity contribution < 1.29 is 28.7 Å². The fourth-order valence-corrected chi connectivity index (χ4v) is 4.77. The van der Waals surface area contributed by atoms with Crippen molar-refractivity contribution in [3.05, 3.63) is 35.4 Å². The summed E-state index contributed by atoms with van der Waals surface area (Å²) in [5.74, 6) is -0.437. The lowest BCUT2D eigenvalue weighted by Crippen LogP contribution is -2.57. The number of nitrogens with one attached hydrogen (secondary N) is 2. The predicted molar refractivity (Wildman–Crippen MR) is 153 cm³/mol. The van der Waals surface area contributed by atoms with Gasteiger partial charge in [0.25, 0.3) is 0 Å². The number of hydrogen-bond donors (Lipinski definition) is 2. The number of benzene rings is 1. The van der Waals surface area contributed by atoms with Gasteiger partial charge in [-0.25, -0.2) is 4.79 Å². The highest BCUT2D eigenvalue weighted by molar-refractivity contribution is 7.98. The molecule has 0 bridgehead atoms. The molecule has 0 radical (unpaired) electrons. The van der Waals surface area contributed by atoms with Gasteiger partial charge in [0.1, 0.15) is 17.7 Å². The summed E-state index contributed by atoms with van der Waals surface area (Å²) in [5, 5.41) is 5.61. The molecule has 1 fully saturated rings. The molecule has 1 aliphatic carbocycles. The van der Waals surface area contributed by atoms with Crippen LogP contribution in [0.4, 0.5) is 4.79 Å². The predicted octanol–water partition coefficient (Wildman–Crippen LogP) is 4.39. The maximum absolute atomic E-state index is 14.2. The molecule has 2 atom stereocenters. The molecular weight excluding hydrogens is 518 g/mol. The summed E-state index contributed by atoms with van der Waals surface area (Å²) in [6, 6.07) is 5.79. The summed E-state index contributed by atoms with van der Waals surface area (Å²) >= 11 is 1.57. The summed E-state index contributed by atoms with van der Waals surface area (Å²) in [5.41, 5.74) is 1.08. The number of ether oxygens (including phenoxy) is 2. The Labute approximate surface area is 237 Å². The van der Waals surface area contributed by atoms with Crippen molar-refractivity contribution in [3.8, 4) is 0 Å². The van der Waals surface area contributed by atoms with E-state index < -0.39 is 29.7 Å². The second kappa shape index (κ2) is 15.7. The topological polar surface area (TPSA) is 114 Å². The van der Waals surface area contributed by atoms with E-state index in [1.807, 2.05) is 30.5 Å². The van der Waals surface area contributed by atoms with Gasteiger partial charge in [-0.15, -0.1) is 0 Å². The first kappa shape index (κ1) is 32.5. The Kier molecular flexibility index (Phi) is 13.1. The van der Waals surface area contributed by atoms with E-state index in [4.69, 9.17) is 9.47 Å². The van der Waals surface area contributed by atoms with Gasteiger partial charge in [0.15, 0.2) is 0 Å². The zero-order valence-electron chi connectivity index (χ0n) is 24.2. The van der Waals surface area contributed by atoms with Crippen LogP contribution in [0.3, 0.4) is 0 Å². The number of alkyl carbamates (subject to hydrolysis) is 1. The quantitative estimate of drug-likeness (QED) is 0.323. The minimum absolute atomic E-state index is 0.0367. The SMILES string of the molecule is CCOC(=O)CCNC(=O)C(c1ccc(CC)cc1)N(C(=O)C(CCSC)NC(=O)OC(C)(C)C)C1CCC1. The molecule has 2 unspecified atom stereocenters. The van der Waals surface area contributed by atoms with E-state index in [9.17, 15) is 19.2 Å². The minimum atomic E-state index is -0.909.